The lowest BCUT2D eigenvalue weighted by atomic mass is 9.92. The van der Waals surface area contributed by atoms with E-state index in [0.29, 0.717) is 0 Å². The van der Waals surface area contributed by atoms with Gasteiger partial charge < -0.3 is 9.47 Å². The molecule has 1 aromatic heterocycles. The van der Waals surface area contributed by atoms with Gasteiger partial charge in [-0.15, -0.1) is 0 Å². The van der Waals surface area contributed by atoms with E-state index in [1.165, 1.54) is 81.9 Å². The van der Waals surface area contributed by atoms with Crippen molar-refractivity contribution in [2.24, 2.45) is 0 Å². The first kappa shape index (κ1) is 39.4. The van der Waals surface area contributed by atoms with E-state index in [2.05, 4.69) is 276 Å². The molecule has 13 rings (SSSR count). The summed E-state index contributed by atoms with van der Waals surface area (Å²) in [6, 6.07) is 97.7. The first-order chi connectivity index (χ1) is 33.7. The molecule has 2 heteroatoms. The maximum atomic E-state index is 2.44. The summed E-state index contributed by atoms with van der Waals surface area (Å²) >= 11 is 0. The van der Waals surface area contributed by atoms with E-state index in [-0.39, 0.29) is 0 Å². The van der Waals surface area contributed by atoms with Crippen LogP contribution in [0.25, 0.3) is 104 Å². The second-order valence-electron chi connectivity index (χ2n) is 17.7. The normalized spacial score (nSPS) is 11.5. The molecule has 2 nitrogen and oxygen atoms in total. The molecule has 0 unspecified atom stereocenters. The molecular formula is C66H44N2. The number of nitrogens with zero attached hydrogens (tertiary/aromatic N) is 2. The third-order valence-electron chi connectivity index (χ3n) is 13.7. The largest absolute Gasteiger partial charge is 0.310 e. The highest BCUT2D eigenvalue weighted by atomic mass is 15.1. The van der Waals surface area contributed by atoms with Crippen LogP contribution in [0.4, 0.5) is 17.1 Å². The zero-order valence-corrected chi connectivity index (χ0v) is 37.3. The van der Waals surface area contributed by atoms with Crippen molar-refractivity contribution in [3.63, 3.8) is 0 Å². The SMILES string of the molecule is c1ccc(-c2ccc(N(c3ccc(-c4cccc(-n5c6ccccc6c6cc7ccccc7cc65)c4)c(-c4ccccc4)c3)c3ccc(-c4ccc5ccccc5c4)c4ccccc34)cc2)cc1. The molecule has 0 aliphatic carbocycles. The lowest BCUT2D eigenvalue weighted by Crippen LogP contribution is -2.11. The van der Waals surface area contributed by atoms with Crippen LogP contribution in [-0.2, 0) is 0 Å². The molecule has 0 radical (unpaired) electrons. The van der Waals surface area contributed by atoms with Gasteiger partial charge in [0.15, 0.2) is 0 Å². The molecule has 318 valence electrons. The highest BCUT2D eigenvalue weighted by Crippen LogP contribution is 2.46. The first-order valence-corrected chi connectivity index (χ1v) is 23.4. The number of para-hydroxylation sites is 1. The maximum absolute atomic E-state index is 2.44. The van der Waals surface area contributed by atoms with Gasteiger partial charge in [-0.05, 0) is 138 Å². The van der Waals surface area contributed by atoms with Gasteiger partial charge in [0.2, 0.25) is 0 Å². The Kier molecular flexibility index (Phi) is 9.54. The topological polar surface area (TPSA) is 8.17 Å². The van der Waals surface area contributed by atoms with Crippen LogP contribution in [0.2, 0.25) is 0 Å². The maximum Gasteiger partial charge on any atom is 0.0547 e. The Bertz CT molecular complexity index is 4020. The smallest absolute Gasteiger partial charge is 0.0547 e. The second kappa shape index (κ2) is 16.5. The minimum Gasteiger partial charge on any atom is -0.310 e. The minimum atomic E-state index is 1.08. The first-order valence-electron chi connectivity index (χ1n) is 23.4. The van der Waals surface area contributed by atoms with Crippen molar-refractivity contribution in [2.75, 3.05) is 4.90 Å². The van der Waals surface area contributed by atoms with Crippen molar-refractivity contribution >= 4 is 71.2 Å². The fraction of sp³-hybridized carbons (Fsp3) is 0. The monoisotopic (exact) mass is 864 g/mol. The molecule has 0 aliphatic rings. The lowest BCUT2D eigenvalue weighted by molar-refractivity contribution is 1.18. The van der Waals surface area contributed by atoms with Crippen molar-refractivity contribution < 1.29 is 0 Å². The Hall–Kier alpha value is -8.98. The molecule has 13 aromatic rings. The van der Waals surface area contributed by atoms with Crippen LogP contribution in [0.5, 0.6) is 0 Å². The van der Waals surface area contributed by atoms with E-state index in [1.54, 1.807) is 0 Å². The van der Waals surface area contributed by atoms with E-state index in [9.17, 15) is 0 Å². The Morgan fingerprint density at radius 2 is 0.809 bits per heavy atom. The molecule has 0 spiro atoms. The lowest BCUT2D eigenvalue weighted by Gasteiger charge is -2.29. The number of fused-ring (bicyclic) bond motifs is 6. The zero-order chi connectivity index (χ0) is 45.0. The number of rotatable bonds is 8. The van der Waals surface area contributed by atoms with Crippen molar-refractivity contribution in [3.8, 4) is 50.2 Å². The highest BCUT2D eigenvalue weighted by Gasteiger charge is 2.21. The summed E-state index contributed by atoms with van der Waals surface area (Å²) in [6.45, 7) is 0. The quantitative estimate of drug-likeness (QED) is 0.148. The van der Waals surface area contributed by atoms with Crippen LogP contribution in [0.3, 0.4) is 0 Å². The molecule has 0 atom stereocenters. The number of benzene rings is 12. The predicted octanol–water partition coefficient (Wildman–Crippen LogP) is 18.4. The molecule has 0 N–H and O–H groups in total. The second-order valence-corrected chi connectivity index (χ2v) is 17.7. The summed E-state index contributed by atoms with van der Waals surface area (Å²) in [4.78, 5) is 2.44. The van der Waals surface area contributed by atoms with Gasteiger partial charge in [0.1, 0.15) is 0 Å². The van der Waals surface area contributed by atoms with Gasteiger partial charge >= 0.3 is 0 Å². The van der Waals surface area contributed by atoms with Gasteiger partial charge in [-0.25, -0.2) is 0 Å². The molecule has 0 fully saturated rings. The molecular weight excluding hydrogens is 821 g/mol. The van der Waals surface area contributed by atoms with E-state index in [4.69, 9.17) is 0 Å². The zero-order valence-electron chi connectivity index (χ0n) is 37.3. The Morgan fingerprint density at radius 3 is 1.59 bits per heavy atom. The standard InChI is InChI=1S/C66H44N2/c1-3-16-45(17-4-1)47-32-34-54(35-33-47)67(65-39-38-57(59-26-11-12-27-60(59)65)53-31-30-46-18-7-8-21-49(46)40-53)56-36-37-58(62(44-56)48-19-5-2-6-20-48)52-24-15-25-55(41-52)68-64-29-14-13-28-61(64)63-42-50-22-9-10-23-51(50)43-66(63)68/h1-44H. The minimum absolute atomic E-state index is 1.08. The summed E-state index contributed by atoms with van der Waals surface area (Å²) in [5.74, 6) is 0. The number of aromatic nitrogens is 1. The van der Waals surface area contributed by atoms with Crippen molar-refractivity contribution in [1.82, 2.24) is 4.57 Å². The van der Waals surface area contributed by atoms with E-state index in [1.807, 2.05) is 0 Å². The summed E-state index contributed by atoms with van der Waals surface area (Å²) in [6.07, 6.45) is 0. The average molecular weight is 865 g/mol. The van der Waals surface area contributed by atoms with Crippen LogP contribution < -0.4 is 4.90 Å². The molecule has 0 saturated heterocycles. The fourth-order valence-electron chi connectivity index (χ4n) is 10.5. The van der Waals surface area contributed by atoms with Gasteiger partial charge in [0.05, 0.1) is 16.7 Å². The Morgan fingerprint density at radius 1 is 0.250 bits per heavy atom. The summed E-state index contributed by atoms with van der Waals surface area (Å²) in [5, 5.41) is 9.87. The van der Waals surface area contributed by atoms with Crippen LogP contribution >= 0.6 is 0 Å². The number of hydrogen-bond donors (Lipinski definition) is 0. The molecule has 12 aromatic carbocycles. The van der Waals surface area contributed by atoms with Crippen molar-refractivity contribution in [2.45, 2.75) is 0 Å². The summed E-state index contributed by atoms with van der Waals surface area (Å²) in [7, 11) is 0. The van der Waals surface area contributed by atoms with Gasteiger partial charge in [-0.2, -0.15) is 0 Å². The average Bonchev–Trinajstić information content (AvgIpc) is 3.74. The van der Waals surface area contributed by atoms with E-state index >= 15 is 0 Å². The molecule has 0 saturated carbocycles. The van der Waals surface area contributed by atoms with Crippen LogP contribution in [0.1, 0.15) is 0 Å². The molecule has 68 heavy (non-hydrogen) atoms. The molecule has 0 bridgehead atoms. The summed E-state index contributed by atoms with van der Waals surface area (Å²) in [5.41, 5.74) is 16.3. The van der Waals surface area contributed by atoms with E-state index < -0.39 is 0 Å². The summed E-state index contributed by atoms with van der Waals surface area (Å²) < 4.78 is 2.44. The Labute approximate surface area is 395 Å². The molecule has 1 heterocycles. The highest BCUT2D eigenvalue weighted by molar-refractivity contribution is 6.14. The number of anilines is 3. The van der Waals surface area contributed by atoms with Crippen molar-refractivity contribution in [3.05, 3.63) is 267 Å². The van der Waals surface area contributed by atoms with E-state index in [0.717, 1.165) is 39.4 Å². The molecule has 0 aliphatic heterocycles. The van der Waals surface area contributed by atoms with Crippen LogP contribution in [-0.4, -0.2) is 4.57 Å². The fourth-order valence-corrected chi connectivity index (χ4v) is 10.5. The molecule has 0 amide bonds. The van der Waals surface area contributed by atoms with Crippen LogP contribution in [0.15, 0.2) is 267 Å². The van der Waals surface area contributed by atoms with Crippen LogP contribution in [0, 0.1) is 0 Å². The van der Waals surface area contributed by atoms with Gasteiger partial charge in [-0.3, -0.25) is 0 Å². The van der Waals surface area contributed by atoms with Gasteiger partial charge in [0, 0.05) is 33.2 Å². The van der Waals surface area contributed by atoms with Crippen molar-refractivity contribution in [1.29, 1.82) is 0 Å². The van der Waals surface area contributed by atoms with Gasteiger partial charge in [0.25, 0.3) is 0 Å². The van der Waals surface area contributed by atoms with Gasteiger partial charge in [-0.1, -0.05) is 200 Å². The third-order valence-corrected chi connectivity index (χ3v) is 13.7. The number of hydrogen-bond acceptors (Lipinski definition) is 1. The predicted molar refractivity (Wildman–Crippen MR) is 290 cm³/mol. The Balaban J connectivity index is 0.996. The third kappa shape index (κ3) is 6.82.